The number of aromatic nitrogens is 1. The molecule has 0 radical (unpaired) electrons. The summed E-state index contributed by atoms with van der Waals surface area (Å²) in [6.45, 7) is 5.09. The van der Waals surface area contributed by atoms with Crippen LogP contribution in [0.1, 0.15) is 25.7 Å². The molecule has 2 N–H and O–H groups in total. The van der Waals surface area contributed by atoms with Crippen molar-refractivity contribution in [1.82, 2.24) is 14.2 Å². The summed E-state index contributed by atoms with van der Waals surface area (Å²) in [6.07, 6.45) is 5.54. The maximum Gasteiger partial charge on any atom is 0.244 e. The summed E-state index contributed by atoms with van der Waals surface area (Å²) >= 11 is 0. The lowest BCUT2D eigenvalue weighted by Gasteiger charge is -2.31. The van der Waals surface area contributed by atoms with Crippen molar-refractivity contribution in [3.63, 3.8) is 0 Å². The highest BCUT2D eigenvalue weighted by Gasteiger charge is 2.27. The second kappa shape index (κ2) is 8.44. The Hall–Kier alpha value is -1.22. The molecule has 140 valence electrons. The lowest BCUT2D eigenvalue weighted by atomic mass is 9.97. The Morgan fingerprint density at radius 1 is 1.16 bits per heavy atom. The van der Waals surface area contributed by atoms with Crippen LogP contribution in [0.25, 0.3) is 0 Å². The summed E-state index contributed by atoms with van der Waals surface area (Å²) in [5, 5.41) is 12.3. The van der Waals surface area contributed by atoms with Crippen LogP contribution < -0.4 is 5.32 Å². The first-order valence-electron chi connectivity index (χ1n) is 9.13. The fraction of sp³-hybridized carbons (Fsp3) is 0.706. The molecule has 0 saturated carbocycles. The molecule has 7 nitrogen and oxygen atoms in total. The topological polar surface area (TPSA) is 85.8 Å². The highest BCUT2D eigenvalue weighted by Crippen LogP contribution is 2.21. The molecular weight excluding hydrogens is 340 g/mol. The molecule has 1 aromatic rings. The quantitative estimate of drug-likeness (QED) is 0.746. The number of β-amino-alcohol motifs (C(OH)–C–C–N with tert-alkyl or cyclic N) is 1. The molecule has 25 heavy (non-hydrogen) atoms. The fourth-order valence-electron chi connectivity index (χ4n) is 3.52. The van der Waals surface area contributed by atoms with Gasteiger partial charge in [0.05, 0.1) is 6.61 Å². The van der Waals surface area contributed by atoms with E-state index in [1.54, 1.807) is 12.1 Å². The number of pyridine rings is 1. The van der Waals surface area contributed by atoms with Gasteiger partial charge in [-0.2, -0.15) is 4.31 Å². The lowest BCUT2D eigenvalue weighted by Crippen LogP contribution is -2.37. The number of sulfonamides is 1. The summed E-state index contributed by atoms with van der Waals surface area (Å²) in [5.74, 6) is 1.31. The van der Waals surface area contributed by atoms with Gasteiger partial charge in [-0.05, 0) is 56.8 Å². The molecule has 8 heteroatoms. The molecule has 3 heterocycles. The van der Waals surface area contributed by atoms with Crippen LogP contribution in [-0.2, 0) is 10.0 Å². The van der Waals surface area contributed by atoms with Gasteiger partial charge in [0.15, 0.2) is 0 Å². The van der Waals surface area contributed by atoms with Crippen molar-refractivity contribution >= 4 is 15.8 Å². The summed E-state index contributed by atoms with van der Waals surface area (Å²) in [4.78, 5) is 6.84. The van der Waals surface area contributed by atoms with Crippen LogP contribution >= 0.6 is 0 Å². The average molecular weight is 369 g/mol. The highest BCUT2D eigenvalue weighted by atomic mass is 32.2. The van der Waals surface area contributed by atoms with Gasteiger partial charge in [0.2, 0.25) is 10.0 Å². The minimum Gasteiger partial charge on any atom is -0.395 e. The highest BCUT2D eigenvalue weighted by molar-refractivity contribution is 7.89. The molecule has 1 aromatic heterocycles. The van der Waals surface area contributed by atoms with Crippen molar-refractivity contribution in [1.29, 1.82) is 0 Å². The van der Waals surface area contributed by atoms with Crippen molar-refractivity contribution in [2.75, 3.05) is 51.2 Å². The monoisotopic (exact) mass is 368 g/mol. The SMILES string of the molecule is O=S(=O)(c1ccc(NCC2CCN(CCO)CC2)nc1)N1CCCC1. The first-order valence-corrected chi connectivity index (χ1v) is 10.6. The Labute approximate surface area is 150 Å². The lowest BCUT2D eigenvalue weighted by molar-refractivity contribution is 0.151. The maximum absolute atomic E-state index is 12.5. The van der Waals surface area contributed by atoms with Gasteiger partial charge >= 0.3 is 0 Å². The second-order valence-corrected chi connectivity index (χ2v) is 8.82. The van der Waals surface area contributed by atoms with Crippen LogP contribution in [-0.4, -0.2) is 73.6 Å². The predicted molar refractivity (Wildman–Crippen MR) is 97.0 cm³/mol. The molecule has 0 aliphatic carbocycles. The number of nitrogens with zero attached hydrogens (tertiary/aromatic N) is 3. The number of hydrogen-bond donors (Lipinski definition) is 2. The van der Waals surface area contributed by atoms with E-state index in [-0.39, 0.29) is 11.5 Å². The Kier molecular flexibility index (Phi) is 6.27. The van der Waals surface area contributed by atoms with Gasteiger partial charge in [-0.1, -0.05) is 0 Å². The minimum atomic E-state index is -3.39. The summed E-state index contributed by atoms with van der Waals surface area (Å²) in [5.41, 5.74) is 0. The van der Waals surface area contributed by atoms with Crippen LogP contribution in [0, 0.1) is 5.92 Å². The van der Waals surface area contributed by atoms with Crippen LogP contribution in [0.2, 0.25) is 0 Å². The van der Waals surface area contributed by atoms with Gasteiger partial charge < -0.3 is 15.3 Å². The van der Waals surface area contributed by atoms with Gasteiger partial charge in [0.25, 0.3) is 0 Å². The molecule has 2 fully saturated rings. The Balaban J connectivity index is 1.50. The Morgan fingerprint density at radius 3 is 2.48 bits per heavy atom. The second-order valence-electron chi connectivity index (χ2n) is 6.88. The largest absolute Gasteiger partial charge is 0.395 e. The van der Waals surface area contributed by atoms with E-state index < -0.39 is 10.0 Å². The number of likely N-dealkylation sites (tertiary alicyclic amines) is 1. The molecule has 3 rings (SSSR count). The van der Waals surface area contributed by atoms with E-state index in [9.17, 15) is 8.42 Å². The molecule has 0 amide bonds. The van der Waals surface area contributed by atoms with E-state index >= 15 is 0 Å². The molecule has 0 unspecified atom stereocenters. The van der Waals surface area contributed by atoms with Crippen molar-refractivity contribution < 1.29 is 13.5 Å². The fourth-order valence-corrected chi connectivity index (χ4v) is 4.98. The third-order valence-electron chi connectivity index (χ3n) is 5.13. The molecule has 0 spiro atoms. The number of piperidine rings is 1. The maximum atomic E-state index is 12.5. The normalized spacial score (nSPS) is 20.8. The number of rotatable bonds is 7. The van der Waals surface area contributed by atoms with E-state index in [4.69, 9.17) is 5.11 Å². The minimum absolute atomic E-state index is 0.222. The molecule has 2 aliphatic rings. The Morgan fingerprint density at radius 2 is 1.88 bits per heavy atom. The van der Waals surface area contributed by atoms with Crippen LogP contribution in [0.4, 0.5) is 5.82 Å². The van der Waals surface area contributed by atoms with E-state index in [1.807, 2.05) is 0 Å². The molecule has 2 saturated heterocycles. The number of aliphatic hydroxyl groups excluding tert-OH is 1. The van der Waals surface area contributed by atoms with Gasteiger partial charge in [0, 0.05) is 32.4 Å². The van der Waals surface area contributed by atoms with Crippen molar-refractivity contribution in [2.24, 2.45) is 5.92 Å². The van der Waals surface area contributed by atoms with Gasteiger partial charge in [-0.3, -0.25) is 0 Å². The van der Waals surface area contributed by atoms with Crippen molar-refractivity contribution in [3.05, 3.63) is 18.3 Å². The number of anilines is 1. The molecule has 2 aliphatic heterocycles. The summed E-state index contributed by atoms with van der Waals surface area (Å²) in [6, 6.07) is 3.40. The van der Waals surface area contributed by atoms with Crippen molar-refractivity contribution in [2.45, 2.75) is 30.6 Å². The van der Waals surface area contributed by atoms with Crippen LogP contribution in [0.15, 0.2) is 23.2 Å². The zero-order valence-electron chi connectivity index (χ0n) is 14.6. The van der Waals surface area contributed by atoms with Gasteiger partial charge in [-0.15, -0.1) is 0 Å². The van der Waals surface area contributed by atoms with Crippen LogP contribution in [0.3, 0.4) is 0 Å². The first-order chi connectivity index (χ1) is 12.1. The van der Waals surface area contributed by atoms with Gasteiger partial charge in [-0.25, -0.2) is 13.4 Å². The van der Waals surface area contributed by atoms with Crippen molar-refractivity contribution in [3.8, 4) is 0 Å². The third kappa shape index (κ3) is 4.69. The molecule has 0 bridgehead atoms. The standard InChI is InChI=1S/C17H28N4O3S/c22-12-11-20-9-5-15(6-10-20)13-18-17-4-3-16(14-19-17)25(23,24)21-7-1-2-8-21/h3-4,14-15,22H,1-2,5-13H2,(H,18,19). The average Bonchev–Trinajstić information content (AvgIpc) is 3.17. The van der Waals surface area contributed by atoms with E-state index in [2.05, 4.69) is 15.2 Å². The zero-order valence-corrected chi connectivity index (χ0v) is 15.4. The number of hydrogen-bond acceptors (Lipinski definition) is 6. The summed E-state index contributed by atoms with van der Waals surface area (Å²) in [7, 11) is -3.39. The smallest absolute Gasteiger partial charge is 0.244 e. The van der Waals surface area contributed by atoms with E-state index in [0.717, 1.165) is 57.7 Å². The van der Waals surface area contributed by atoms with Gasteiger partial charge in [0.1, 0.15) is 10.7 Å². The Bertz CT molecular complexity index is 636. The number of nitrogens with one attached hydrogen (secondary N) is 1. The third-order valence-corrected chi connectivity index (χ3v) is 7.02. The molecule has 0 atom stereocenters. The van der Waals surface area contributed by atoms with E-state index in [0.29, 0.717) is 19.0 Å². The molecule has 0 aromatic carbocycles. The first kappa shape index (κ1) is 18.6. The number of aliphatic hydroxyl groups is 1. The predicted octanol–water partition coefficient (Wildman–Crippen LogP) is 0.982. The summed E-state index contributed by atoms with van der Waals surface area (Å²) < 4.78 is 26.5. The molecular formula is C17H28N4O3S. The zero-order chi connectivity index (χ0) is 17.7. The van der Waals surface area contributed by atoms with E-state index in [1.165, 1.54) is 10.5 Å². The van der Waals surface area contributed by atoms with Crippen LogP contribution in [0.5, 0.6) is 0 Å².